The van der Waals surface area contributed by atoms with E-state index >= 15 is 0 Å². The second-order valence-corrected chi connectivity index (χ2v) is 5.44. The van der Waals surface area contributed by atoms with Gasteiger partial charge in [-0.25, -0.2) is 9.97 Å². The highest BCUT2D eigenvalue weighted by molar-refractivity contribution is 5.64. The number of hydrogen-bond acceptors (Lipinski definition) is 7. The molecule has 1 aromatic rings. The number of hydrogen-bond donors (Lipinski definition) is 1. The summed E-state index contributed by atoms with van der Waals surface area (Å²) in [6.45, 7) is 2.52. The zero-order valence-electron chi connectivity index (χ0n) is 11.8. The molecule has 0 saturated carbocycles. The van der Waals surface area contributed by atoms with E-state index < -0.39 is 0 Å². The van der Waals surface area contributed by atoms with E-state index in [1.165, 1.54) is 0 Å². The summed E-state index contributed by atoms with van der Waals surface area (Å²) in [5, 5.41) is 21.2. The van der Waals surface area contributed by atoms with Crippen LogP contribution in [0.25, 0.3) is 0 Å². The van der Waals surface area contributed by atoms with Crippen molar-refractivity contribution in [3.8, 4) is 6.07 Å². The number of oxime groups is 1. The first-order valence-corrected chi connectivity index (χ1v) is 7.23. The molecule has 0 aliphatic carbocycles. The van der Waals surface area contributed by atoms with Crippen molar-refractivity contribution in [2.24, 2.45) is 5.16 Å². The smallest absolute Gasteiger partial charge is 0.183 e. The third-order valence-electron chi connectivity index (χ3n) is 4.31. The molecule has 110 valence electrons. The first-order chi connectivity index (χ1) is 10.3. The van der Waals surface area contributed by atoms with E-state index in [1.54, 1.807) is 18.6 Å². The summed E-state index contributed by atoms with van der Waals surface area (Å²) < 4.78 is 0. The van der Waals surface area contributed by atoms with Crippen LogP contribution in [0.5, 0.6) is 0 Å². The maximum atomic E-state index is 9.16. The number of rotatable bonds is 2. The predicted molar refractivity (Wildman–Crippen MR) is 77.4 cm³/mol. The van der Waals surface area contributed by atoms with Gasteiger partial charge in [-0.05, 0) is 19.3 Å². The maximum absolute atomic E-state index is 9.16. The molecule has 0 aromatic carbocycles. The lowest BCUT2D eigenvalue weighted by molar-refractivity contribution is 0.106. The first-order valence-electron chi connectivity index (χ1n) is 7.23. The zero-order chi connectivity index (χ0) is 14.7. The van der Waals surface area contributed by atoms with Crippen LogP contribution in [-0.4, -0.2) is 58.0 Å². The average molecular weight is 286 g/mol. The fourth-order valence-corrected chi connectivity index (χ4v) is 3.36. The molecule has 3 rings (SSSR count). The summed E-state index contributed by atoms with van der Waals surface area (Å²) in [4.78, 5) is 12.9. The summed E-state index contributed by atoms with van der Waals surface area (Å²) in [7, 11) is 0. The Bertz CT molecular complexity index is 569. The minimum Gasteiger partial charge on any atom is -0.411 e. The van der Waals surface area contributed by atoms with Crippen molar-refractivity contribution in [1.82, 2.24) is 14.9 Å². The second kappa shape index (κ2) is 6.06. The van der Waals surface area contributed by atoms with Crippen molar-refractivity contribution < 1.29 is 5.21 Å². The normalized spacial score (nSPS) is 26.5. The minimum absolute atomic E-state index is 0.216. The van der Waals surface area contributed by atoms with E-state index in [0.717, 1.165) is 38.9 Å². The molecule has 0 amide bonds. The lowest BCUT2D eigenvalue weighted by Gasteiger charge is -2.47. The predicted octanol–water partition coefficient (Wildman–Crippen LogP) is 0.851. The molecule has 0 bridgehead atoms. The molecule has 2 aliphatic heterocycles. The Labute approximate surface area is 123 Å². The van der Waals surface area contributed by atoms with E-state index in [1.807, 2.05) is 0 Å². The molecule has 2 aliphatic rings. The van der Waals surface area contributed by atoms with Gasteiger partial charge in [-0.15, -0.1) is 5.16 Å². The highest BCUT2D eigenvalue weighted by Crippen LogP contribution is 2.28. The van der Waals surface area contributed by atoms with E-state index in [4.69, 9.17) is 10.5 Å². The molecule has 1 aromatic heterocycles. The number of anilines is 1. The van der Waals surface area contributed by atoms with E-state index in [0.29, 0.717) is 17.6 Å². The third-order valence-corrected chi connectivity index (χ3v) is 4.31. The third kappa shape index (κ3) is 2.67. The number of piperidine rings is 1. The van der Waals surface area contributed by atoms with Crippen molar-refractivity contribution in [1.29, 1.82) is 5.26 Å². The van der Waals surface area contributed by atoms with Gasteiger partial charge in [-0.2, -0.15) is 5.26 Å². The van der Waals surface area contributed by atoms with Gasteiger partial charge >= 0.3 is 0 Å². The molecule has 7 nitrogen and oxygen atoms in total. The van der Waals surface area contributed by atoms with Crippen LogP contribution in [0.15, 0.2) is 17.5 Å². The molecule has 21 heavy (non-hydrogen) atoms. The van der Waals surface area contributed by atoms with Crippen LogP contribution >= 0.6 is 0 Å². The first kappa shape index (κ1) is 13.8. The number of nitrogens with zero attached hydrogens (tertiary/aromatic N) is 6. The Morgan fingerprint density at radius 1 is 1.33 bits per heavy atom. The van der Waals surface area contributed by atoms with Crippen LogP contribution in [0, 0.1) is 11.3 Å². The minimum atomic E-state index is 0.216. The average Bonchev–Trinajstić information content (AvgIpc) is 2.55. The van der Waals surface area contributed by atoms with Crippen molar-refractivity contribution in [2.45, 2.75) is 31.3 Å². The van der Waals surface area contributed by atoms with Gasteiger partial charge in [0.05, 0.1) is 6.21 Å². The Kier molecular flexibility index (Phi) is 3.97. The lowest BCUT2D eigenvalue weighted by atomic mass is 9.94. The van der Waals surface area contributed by atoms with Crippen LogP contribution in [0.4, 0.5) is 5.82 Å². The standard InChI is InChI=1S/C14H18N6O/c15-8-13-14(17-5-4-16-13)19-6-7-20-11(9-18-21)2-1-3-12(20)10-19/h4-5,9,11-12,21H,1-3,6-7,10H2/t11-,12+/m1/s1. The molecule has 3 heterocycles. The number of aromatic nitrogens is 2. The lowest BCUT2D eigenvalue weighted by Crippen LogP contribution is -2.59. The summed E-state index contributed by atoms with van der Waals surface area (Å²) in [5.41, 5.74) is 0.384. The zero-order valence-corrected chi connectivity index (χ0v) is 11.8. The van der Waals surface area contributed by atoms with Crippen LogP contribution in [-0.2, 0) is 0 Å². The Hall–Kier alpha value is -2.20. The number of piperazine rings is 1. The molecular formula is C14H18N6O. The Morgan fingerprint density at radius 2 is 2.19 bits per heavy atom. The SMILES string of the molecule is N#Cc1nccnc1N1CCN2[C@@H](CCC[C@@H]2C=NO)C1. The van der Waals surface area contributed by atoms with Gasteiger partial charge in [0.25, 0.3) is 0 Å². The van der Waals surface area contributed by atoms with Gasteiger partial charge in [0.2, 0.25) is 0 Å². The van der Waals surface area contributed by atoms with Crippen molar-refractivity contribution >= 4 is 12.0 Å². The molecule has 0 spiro atoms. The Morgan fingerprint density at radius 3 is 3.00 bits per heavy atom. The molecular weight excluding hydrogens is 268 g/mol. The molecule has 1 N–H and O–H groups in total. The molecule has 0 radical (unpaired) electrons. The fourth-order valence-electron chi connectivity index (χ4n) is 3.36. The van der Waals surface area contributed by atoms with Crippen LogP contribution in [0.2, 0.25) is 0 Å². The van der Waals surface area contributed by atoms with Crippen molar-refractivity contribution in [2.75, 3.05) is 24.5 Å². The van der Waals surface area contributed by atoms with Crippen molar-refractivity contribution in [3.63, 3.8) is 0 Å². The summed E-state index contributed by atoms with van der Waals surface area (Å²) in [6.07, 6.45) is 8.09. The molecule has 0 unspecified atom stereocenters. The van der Waals surface area contributed by atoms with Gasteiger partial charge in [-0.3, -0.25) is 4.90 Å². The topological polar surface area (TPSA) is 88.6 Å². The Balaban J connectivity index is 1.77. The van der Waals surface area contributed by atoms with Gasteiger partial charge in [0.1, 0.15) is 6.07 Å². The highest BCUT2D eigenvalue weighted by atomic mass is 16.4. The summed E-state index contributed by atoms with van der Waals surface area (Å²) in [6, 6.07) is 2.73. The molecule has 2 fully saturated rings. The fraction of sp³-hybridized carbons (Fsp3) is 0.571. The largest absolute Gasteiger partial charge is 0.411 e. The van der Waals surface area contributed by atoms with Crippen LogP contribution in [0.3, 0.4) is 0 Å². The molecule has 2 atom stereocenters. The molecule has 2 saturated heterocycles. The summed E-state index contributed by atoms with van der Waals surface area (Å²) in [5.74, 6) is 0.678. The maximum Gasteiger partial charge on any atom is 0.183 e. The van der Waals surface area contributed by atoms with Gasteiger partial charge in [-0.1, -0.05) is 0 Å². The van der Waals surface area contributed by atoms with Crippen LogP contribution < -0.4 is 4.90 Å². The number of fused-ring (bicyclic) bond motifs is 1. The monoisotopic (exact) mass is 286 g/mol. The van der Waals surface area contributed by atoms with Gasteiger partial charge in [0, 0.05) is 44.1 Å². The molecule has 7 heteroatoms. The van der Waals surface area contributed by atoms with E-state index in [-0.39, 0.29) is 6.04 Å². The van der Waals surface area contributed by atoms with E-state index in [9.17, 15) is 0 Å². The van der Waals surface area contributed by atoms with Crippen LogP contribution in [0.1, 0.15) is 25.0 Å². The highest BCUT2D eigenvalue weighted by Gasteiger charge is 2.35. The van der Waals surface area contributed by atoms with Gasteiger partial charge in [0.15, 0.2) is 11.5 Å². The van der Waals surface area contributed by atoms with Gasteiger partial charge < -0.3 is 10.1 Å². The number of nitriles is 1. The quantitative estimate of drug-likeness (QED) is 0.492. The van der Waals surface area contributed by atoms with E-state index in [2.05, 4.69) is 31.0 Å². The second-order valence-electron chi connectivity index (χ2n) is 5.44. The summed E-state index contributed by atoms with van der Waals surface area (Å²) >= 11 is 0. The van der Waals surface area contributed by atoms with Crippen molar-refractivity contribution in [3.05, 3.63) is 18.1 Å².